The summed E-state index contributed by atoms with van der Waals surface area (Å²) in [7, 11) is 0. The van der Waals surface area contributed by atoms with Gasteiger partial charge in [-0.2, -0.15) is 0 Å². The van der Waals surface area contributed by atoms with E-state index in [0.29, 0.717) is 11.7 Å². The molecule has 74 valence electrons. The molecule has 0 saturated carbocycles. The van der Waals surface area contributed by atoms with E-state index in [1.165, 1.54) is 5.56 Å². The molecule has 0 bridgehead atoms. The Hall–Kier alpha value is -1.46. The van der Waals surface area contributed by atoms with E-state index in [-0.39, 0.29) is 0 Å². The summed E-state index contributed by atoms with van der Waals surface area (Å²) in [5.41, 5.74) is 3.97. The number of phenolic OH excluding ortho intramolecular Hbond substituents is 1. The third-order valence-corrected chi connectivity index (χ3v) is 2.20. The monoisotopic (exact) mass is 188 g/mol. The van der Waals surface area contributed by atoms with Gasteiger partial charge in [-0.1, -0.05) is 25.6 Å². The zero-order valence-electron chi connectivity index (χ0n) is 8.53. The maximum atomic E-state index is 9.25. The molecule has 1 rings (SSSR count). The molecule has 0 spiro atoms. The lowest BCUT2D eigenvalue weighted by atomic mass is 10.0. The normalized spacial score (nSPS) is 11.8. The van der Waals surface area contributed by atoms with Gasteiger partial charge in [0, 0.05) is 0 Å². The first-order chi connectivity index (χ1) is 6.72. The molecule has 0 aliphatic heterocycles. The van der Waals surface area contributed by atoms with Crippen LogP contribution in [0.2, 0.25) is 0 Å². The van der Waals surface area contributed by atoms with Crippen molar-refractivity contribution in [1.29, 1.82) is 0 Å². The molecule has 0 aromatic heterocycles. The molecule has 14 heavy (non-hydrogen) atoms. The van der Waals surface area contributed by atoms with Gasteiger partial charge < -0.3 is 5.11 Å². The Morgan fingerprint density at radius 2 is 2.36 bits per heavy atom. The van der Waals surface area contributed by atoms with Crippen molar-refractivity contribution in [3.63, 3.8) is 0 Å². The van der Waals surface area contributed by atoms with Gasteiger partial charge in [0.1, 0.15) is 5.75 Å². The molecule has 0 aliphatic carbocycles. The lowest BCUT2D eigenvalue weighted by Crippen LogP contribution is -1.93. The minimum atomic E-state index is 0.342. The number of rotatable bonds is 4. The number of hydrogen-bond donors (Lipinski definition) is 1. The molecule has 1 atom stereocenters. The van der Waals surface area contributed by atoms with E-state index in [4.69, 9.17) is 0 Å². The van der Waals surface area contributed by atoms with Gasteiger partial charge in [-0.25, -0.2) is 0 Å². The molecule has 0 saturated heterocycles. The van der Waals surface area contributed by atoms with E-state index in [1.807, 2.05) is 24.3 Å². The van der Waals surface area contributed by atoms with Gasteiger partial charge in [0.15, 0.2) is 0 Å². The minimum absolute atomic E-state index is 0.342. The van der Waals surface area contributed by atoms with Crippen LogP contribution in [0.25, 0.3) is 0 Å². The Labute approximate surface area is 85.4 Å². The van der Waals surface area contributed by atoms with Crippen molar-refractivity contribution in [2.75, 3.05) is 0 Å². The molecular weight excluding hydrogens is 172 g/mol. The van der Waals surface area contributed by atoms with Crippen LogP contribution in [0.4, 0.5) is 0 Å². The molecule has 1 unspecified atom stereocenters. The van der Waals surface area contributed by atoms with Crippen LogP contribution < -0.4 is 0 Å². The first-order valence-electron chi connectivity index (χ1n) is 4.86. The van der Waals surface area contributed by atoms with Crippen LogP contribution in [-0.2, 0) is 6.42 Å². The fourth-order valence-electron chi connectivity index (χ4n) is 1.39. The predicted molar refractivity (Wildman–Crippen MR) is 59.3 cm³/mol. The lowest BCUT2D eigenvalue weighted by molar-refractivity contribution is 0.474. The molecule has 1 heteroatoms. The molecule has 0 aliphatic rings. The number of phenols is 1. The summed E-state index contributed by atoms with van der Waals surface area (Å²) in [5, 5.41) is 9.25. The second kappa shape index (κ2) is 5.31. The number of allylic oxidation sites excluding steroid dienone is 1. The van der Waals surface area contributed by atoms with E-state index in [2.05, 4.69) is 19.2 Å². The number of benzene rings is 1. The summed E-state index contributed by atoms with van der Waals surface area (Å²) in [6, 6.07) is 7.41. The van der Waals surface area contributed by atoms with Crippen molar-refractivity contribution in [2.24, 2.45) is 5.92 Å². The predicted octanol–water partition coefficient (Wildman–Crippen LogP) is 3.30. The maximum absolute atomic E-state index is 9.25. The number of hydrogen-bond acceptors (Lipinski definition) is 1. The summed E-state index contributed by atoms with van der Waals surface area (Å²) < 4.78 is 0. The van der Waals surface area contributed by atoms with Gasteiger partial charge in [-0.15, -0.1) is 5.73 Å². The van der Waals surface area contributed by atoms with E-state index in [1.54, 1.807) is 6.07 Å². The van der Waals surface area contributed by atoms with Gasteiger partial charge in [0.05, 0.1) is 0 Å². The van der Waals surface area contributed by atoms with Crippen molar-refractivity contribution in [3.8, 4) is 5.75 Å². The van der Waals surface area contributed by atoms with Crippen molar-refractivity contribution in [2.45, 2.75) is 19.8 Å². The van der Waals surface area contributed by atoms with Gasteiger partial charge >= 0.3 is 0 Å². The molecule has 1 nitrogen and oxygen atoms in total. The first kappa shape index (κ1) is 10.6. The summed E-state index contributed by atoms with van der Waals surface area (Å²) >= 11 is 0. The highest BCUT2D eigenvalue weighted by molar-refractivity contribution is 5.27. The minimum Gasteiger partial charge on any atom is -0.508 e. The summed E-state index contributed by atoms with van der Waals surface area (Å²) in [4.78, 5) is 0. The highest BCUT2D eigenvalue weighted by atomic mass is 16.3. The molecule has 1 aromatic rings. The molecular formula is C13H16O. The highest BCUT2D eigenvalue weighted by Crippen LogP contribution is 2.15. The SMILES string of the molecule is C=C=CC(C)CCc1cccc(O)c1. The van der Waals surface area contributed by atoms with Crippen LogP contribution in [0.1, 0.15) is 18.9 Å². The van der Waals surface area contributed by atoms with Crippen LogP contribution in [0.15, 0.2) is 42.7 Å². The van der Waals surface area contributed by atoms with Gasteiger partial charge in [-0.05, 0) is 42.5 Å². The third-order valence-electron chi connectivity index (χ3n) is 2.20. The van der Waals surface area contributed by atoms with E-state index in [9.17, 15) is 5.11 Å². The lowest BCUT2D eigenvalue weighted by Gasteiger charge is -2.05. The largest absolute Gasteiger partial charge is 0.508 e. The third kappa shape index (κ3) is 3.51. The van der Waals surface area contributed by atoms with Gasteiger partial charge in [0.2, 0.25) is 0 Å². The van der Waals surface area contributed by atoms with E-state index < -0.39 is 0 Å². The quantitative estimate of drug-likeness (QED) is 0.719. The Kier molecular flexibility index (Phi) is 4.03. The van der Waals surface area contributed by atoms with Crippen LogP contribution in [0.5, 0.6) is 5.75 Å². The molecule has 1 aromatic carbocycles. The molecule has 0 amide bonds. The standard InChI is InChI=1S/C13H16O/c1-3-5-11(2)8-9-12-6-4-7-13(14)10-12/h4-7,10-11,14H,1,8-9H2,2H3. The molecule has 0 heterocycles. The Balaban J connectivity index is 2.49. The van der Waals surface area contributed by atoms with Crippen molar-refractivity contribution >= 4 is 0 Å². The van der Waals surface area contributed by atoms with Crippen LogP contribution in [0.3, 0.4) is 0 Å². The summed E-state index contributed by atoms with van der Waals surface area (Å²) in [5.74, 6) is 0.837. The molecule has 1 N–H and O–H groups in total. The van der Waals surface area contributed by atoms with Crippen molar-refractivity contribution in [3.05, 3.63) is 48.2 Å². The number of aryl methyl sites for hydroxylation is 1. The maximum Gasteiger partial charge on any atom is 0.115 e. The Morgan fingerprint density at radius 1 is 1.57 bits per heavy atom. The van der Waals surface area contributed by atoms with Gasteiger partial charge in [0.25, 0.3) is 0 Å². The Morgan fingerprint density at radius 3 is 3.00 bits per heavy atom. The molecule has 0 fully saturated rings. The average molecular weight is 188 g/mol. The Bertz CT molecular complexity index is 335. The van der Waals surface area contributed by atoms with Crippen LogP contribution in [-0.4, -0.2) is 5.11 Å². The van der Waals surface area contributed by atoms with E-state index >= 15 is 0 Å². The zero-order valence-corrected chi connectivity index (χ0v) is 8.53. The topological polar surface area (TPSA) is 20.2 Å². The fraction of sp³-hybridized carbons (Fsp3) is 0.308. The average Bonchev–Trinajstić information content (AvgIpc) is 2.15. The zero-order chi connectivity index (χ0) is 10.4. The van der Waals surface area contributed by atoms with Crippen molar-refractivity contribution < 1.29 is 5.11 Å². The summed E-state index contributed by atoms with van der Waals surface area (Å²) in [6.07, 6.45) is 4.02. The van der Waals surface area contributed by atoms with Gasteiger partial charge in [-0.3, -0.25) is 0 Å². The molecule has 0 radical (unpaired) electrons. The fourth-order valence-corrected chi connectivity index (χ4v) is 1.39. The number of aromatic hydroxyl groups is 1. The second-order valence-electron chi connectivity index (χ2n) is 3.56. The second-order valence-corrected chi connectivity index (χ2v) is 3.56. The van der Waals surface area contributed by atoms with E-state index in [0.717, 1.165) is 12.8 Å². The van der Waals surface area contributed by atoms with Crippen molar-refractivity contribution in [1.82, 2.24) is 0 Å². The smallest absolute Gasteiger partial charge is 0.115 e. The summed E-state index contributed by atoms with van der Waals surface area (Å²) in [6.45, 7) is 5.69. The van der Waals surface area contributed by atoms with Crippen LogP contribution in [0, 0.1) is 5.92 Å². The van der Waals surface area contributed by atoms with Crippen LogP contribution >= 0.6 is 0 Å². The first-order valence-corrected chi connectivity index (χ1v) is 4.86. The highest BCUT2D eigenvalue weighted by Gasteiger charge is 1.99.